The van der Waals surface area contributed by atoms with Gasteiger partial charge in [-0.25, -0.2) is 13.6 Å². The van der Waals surface area contributed by atoms with Crippen molar-refractivity contribution in [2.75, 3.05) is 6.54 Å². The van der Waals surface area contributed by atoms with E-state index in [9.17, 15) is 13.6 Å². The molecule has 0 fully saturated rings. The van der Waals surface area contributed by atoms with Crippen LogP contribution in [-0.4, -0.2) is 17.5 Å². The quantitative estimate of drug-likeness (QED) is 0.643. The summed E-state index contributed by atoms with van der Waals surface area (Å²) in [5.41, 5.74) is 2.67. The van der Waals surface area contributed by atoms with Crippen LogP contribution in [-0.2, 0) is 6.54 Å². The second-order valence-corrected chi connectivity index (χ2v) is 6.94. The van der Waals surface area contributed by atoms with Crippen molar-refractivity contribution in [2.45, 2.75) is 12.6 Å². The molecular formula is C24H20F2N2O. The molecule has 4 rings (SSSR count). The van der Waals surface area contributed by atoms with E-state index in [2.05, 4.69) is 5.32 Å². The van der Waals surface area contributed by atoms with Gasteiger partial charge in [-0.3, -0.25) is 0 Å². The third-order valence-electron chi connectivity index (χ3n) is 5.00. The van der Waals surface area contributed by atoms with Gasteiger partial charge in [-0.15, -0.1) is 0 Å². The maximum Gasteiger partial charge on any atom is 0.318 e. The normalized spacial score (nSPS) is 15.9. The first-order valence-corrected chi connectivity index (χ1v) is 9.41. The lowest BCUT2D eigenvalue weighted by molar-refractivity contribution is 0.197. The summed E-state index contributed by atoms with van der Waals surface area (Å²) in [7, 11) is 0. The average molecular weight is 390 g/mol. The minimum absolute atomic E-state index is 0.185. The number of benzene rings is 3. The zero-order chi connectivity index (χ0) is 20.2. The van der Waals surface area contributed by atoms with E-state index in [4.69, 9.17) is 0 Å². The van der Waals surface area contributed by atoms with Crippen LogP contribution >= 0.6 is 0 Å². The first-order chi connectivity index (χ1) is 14.1. The summed E-state index contributed by atoms with van der Waals surface area (Å²) < 4.78 is 28.0. The van der Waals surface area contributed by atoms with Gasteiger partial charge in [-0.2, -0.15) is 0 Å². The van der Waals surface area contributed by atoms with Crippen molar-refractivity contribution in [3.05, 3.63) is 113 Å². The molecule has 0 radical (unpaired) electrons. The summed E-state index contributed by atoms with van der Waals surface area (Å²) in [6.07, 6.45) is 1.83. The van der Waals surface area contributed by atoms with Gasteiger partial charge < -0.3 is 10.2 Å². The van der Waals surface area contributed by atoms with Crippen LogP contribution in [0.5, 0.6) is 0 Å². The molecule has 0 saturated heterocycles. The zero-order valence-corrected chi connectivity index (χ0v) is 15.7. The van der Waals surface area contributed by atoms with Crippen LogP contribution in [0.2, 0.25) is 0 Å². The third kappa shape index (κ3) is 4.19. The van der Waals surface area contributed by atoms with Crippen molar-refractivity contribution in [1.29, 1.82) is 0 Å². The molecule has 3 nitrogen and oxygen atoms in total. The molecular weight excluding hydrogens is 370 g/mol. The van der Waals surface area contributed by atoms with Crippen molar-refractivity contribution < 1.29 is 13.6 Å². The SMILES string of the molecule is O=C(NCc1ccccc1)N1CC(c2cc(F)ccc2F)=CC1c1ccccc1. The Labute approximate surface area is 168 Å². The zero-order valence-electron chi connectivity index (χ0n) is 15.7. The fourth-order valence-electron chi connectivity index (χ4n) is 3.53. The highest BCUT2D eigenvalue weighted by Gasteiger charge is 2.31. The van der Waals surface area contributed by atoms with E-state index in [1.807, 2.05) is 66.7 Å². The highest BCUT2D eigenvalue weighted by atomic mass is 19.1. The highest BCUT2D eigenvalue weighted by Crippen LogP contribution is 2.35. The first kappa shape index (κ1) is 18.9. The molecule has 1 atom stereocenters. The van der Waals surface area contributed by atoms with E-state index in [1.165, 1.54) is 6.07 Å². The minimum atomic E-state index is -0.509. The Morgan fingerprint density at radius 2 is 1.66 bits per heavy atom. The van der Waals surface area contributed by atoms with E-state index in [0.717, 1.165) is 23.3 Å². The number of carbonyl (C=O) groups excluding carboxylic acids is 1. The van der Waals surface area contributed by atoms with Crippen molar-refractivity contribution in [3.8, 4) is 0 Å². The molecule has 146 valence electrons. The van der Waals surface area contributed by atoms with Gasteiger partial charge in [-0.1, -0.05) is 66.7 Å². The van der Waals surface area contributed by atoms with Gasteiger partial charge in [0.05, 0.1) is 6.04 Å². The molecule has 29 heavy (non-hydrogen) atoms. The number of amides is 2. The lowest BCUT2D eigenvalue weighted by Crippen LogP contribution is -2.39. The fraction of sp³-hybridized carbons (Fsp3) is 0.125. The molecule has 0 saturated carbocycles. The smallest absolute Gasteiger partial charge is 0.318 e. The summed E-state index contributed by atoms with van der Waals surface area (Å²) >= 11 is 0. The number of halogens is 2. The first-order valence-electron chi connectivity index (χ1n) is 9.41. The molecule has 1 aliphatic rings. The van der Waals surface area contributed by atoms with Gasteiger partial charge in [0.25, 0.3) is 0 Å². The van der Waals surface area contributed by atoms with Crippen LogP contribution in [0.4, 0.5) is 13.6 Å². The minimum Gasteiger partial charge on any atom is -0.334 e. The van der Waals surface area contributed by atoms with Gasteiger partial charge in [0.2, 0.25) is 0 Å². The Balaban J connectivity index is 1.60. The van der Waals surface area contributed by atoms with Crippen molar-refractivity contribution in [3.63, 3.8) is 0 Å². The van der Waals surface area contributed by atoms with Crippen LogP contribution < -0.4 is 5.32 Å². The topological polar surface area (TPSA) is 32.3 Å². The number of urea groups is 1. The molecule has 5 heteroatoms. The number of hydrogen-bond donors (Lipinski definition) is 1. The summed E-state index contributed by atoms with van der Waals surface area (Å²) in [5, 5.41) is 2.92. The number of rotatable bonds is 4. The van der Waals surface area contributed by atoms with Gasteiger partial charge in [0.15, 0.2) is 0 Å². The Morgan fingerprint density at radius 1 is 0.966 bits per heavy atom. The molecule has 1 unspecified atom stereocenters. The standard InChI is InChI=1S/C24H20F2N2O/c25-20-11-12-22(26)21(14-20)19-13-23(18-9-5-2-6-10-18)28(16-19)24(29)27-15-17-7-3-1-4-8-17/h1-14,23H,15-16H2,(H,27,29). The molecule has 2 amide bonds. The van der Waals surface area contributed by atoms with Crippen LogP contribution in [0.25, 0.3) is 5.57 Å². The number of nitrogens with zero attached hydrogens (tertiary/aromatic N) is 1. The highest BCUT2D eigenvalue weighted by molar-refractivity contribution is 5.82. The largest absolute Gasteiger partial charge is 0.334 e. The molecule has 1 N–H and O–H groups in total. The summed E-state index contributed by atoms with van der Waals surface area (Å²) in [6.45, 7) is 0.585. The fourth-order valence-corrected chi connectivity index (χ4v) is 3.53. The van der Waals surface area contributed by atoms with E-state index >= 15 is 0 Å². The van der Waals surface area contributed by atoms with Crippen LogP contribution in [0.15, 0.2) is 84.9 Å². The number of carbonyl (C=O) groups is 1. The maximum absolute atomic E-state index is 14.3. The summed E-state index contributed by atoms with van der Waals surface area (Å²) in [5.74, 6) is -1.01. The van der Waals surface area contributed by atoms with E-state index in [-0.39, 0.29) is 24.2 Å². The van der Waals surface area contributed by atoms with E-state index in [1.54, 1.807) is 4.90 Å². The van der Waals surface area contributed by atoms with E-state index in [0.29, 0.717) is 12.1 Å². The van der Waals surface area contributed by atoms with Crippen molar-refractivity contribution in [1.82, 2.24) is 10.2 Å². The predicted octanol–water partition coefficient (Wildman–Crippen LogP) is 5.31. The van der Waals surface area contributed by atoms with Crippen LogP contribution in [0, 0.1) is 11.6 Å². The van der Waals surface area contributed by atoms with Gasteiger partial charge in [-0.05, 0) is 34.9 Å². The molecule has 3 aromatic carbocycles. The number of hydrogen-bond acceptors (Lipinski definition) is 1. The Hall–Kier alpha value is -3.47. The lowest BCUT2D eigenvalue weighted by Gasteiger charge is -2.25. The average Bonchev–Trinajstić information content (AvgIpc) is 3.20. The van der Waals surface area contributed by atoms with Gasteiger partial charge >= 0.3 is 6.03 Å². The van der Waals surface area contributed by atoms with Crippen LogP contribution in [0.1, 0.15) is 22.7 Å². The molecule has 1 aliphatic heterocycles. The monoisotopic (exact) mass is 390 g/mol. The summed E-state index contributed by atoms with van der Waals surface area (Å²) in [4.78, 5) is 14.6. The predicted molar refractivity (Wildman–Crippen MR) is 109 cm³/mol. The molecule has 1 heterocycles. The Bertz CT molecular complexity index is 1040. The van der Waals surface area contributed by atoms with Gasteiger partial charge in [0, 0.05) is 18.7 Å². The van der Waals surface area contributed by atoms with Crippen LogP contribution in [0.3, 0.4) is 0 Å². The third-order valence-corrected chi connectivity index (χ3v) is 5.00. The maximum atomic E-state index is 14.3. The lowest BCUT2D eigenvalue weighted by atomic mass is 10.0. The second-order valence-electron chi connectivity index (χ2n) is 6.94. The Kier molecular flexibility index (Phi) is 5.38. The van der Waals surface area contributed by atoms with E-state index < -0.39 is 11.6 Å². The molecule has 0 spiro atoms. The Morgan fingerprint density at radius 3 is 2.38 bits per heavy atom. The molecule has 0 aliphatic carbocycles. The molecule has 0 bridgehead atoms. The molecule has 0 aromatic heterocycles. The van der Waals surface area contributed by atoms with Gasteiger partial charge in [0.1, 0.15) is 11.6 Å². The molecule has 3 aromatic rings. The number of nitrogens with one attached hydrogen (secondary N) is 1. The summed E-state index contributed by atoms with van der Waals surface area (Å²) in [6, 6.07) is 21.9. The van der Waals surface area contributed by atoms with Crippen molar-refractivity contribution in [2.24, 2.45) is 0 Å². The second kappa shape index (κ2) is 8.27. The van der Waals surface area contributed by atoms with Crippen molar-refractivity contribution >= 4 is 11.6 Å².